The minimum Gasteiger partial charge on any atom is -0.387 e. The lowest BCUT2D eigenvalue weighted by Crippen LogP contribution is -2.31. The van der Waals surface area contributed by atoms with E-state index in [9.17, 15) is 0 Å². The molecule has 3 nitrogen and oxygen atoms in total. The summed E-state index contributed by atoms with van der Waals surface area (Å²) in [5, 5.41) is 3.11. The average molecular weight is 207 g/mol. The molecule has 0 amide bonds. The summed E-state index contributed by atoms with van der Waals surface area (Å²) < 4.78 is 0. The molecule has 0 aliphatic heterocycles. The monoisotopic (exact) mass is 207 g/mol. The predicted molar refractivity (Wildman–Crippen MR) is 66.6 cm³/mol. The van der Waals surface area contributed by atoms with Gasteiger partial charge in [-0.3, -0.25) is 4.98 Å². The molecule has 0 fully saturated rings. The van der Waals surface area contributed by atoms with Gasteiger partial charge in [-0.05, 0) is 26.3 Å². The molecule has 0 unspecified atom stereocenters. The number of hydrogen-bond donors (Lipinski definition) is 1. The highest BCUT2D eigenvalue weighted by atomic mass is 15.2. The fourth-order valence-electron chi connectivity index (χ4n) is 1.65. The van der Waals surface area contributed by atoms with Gasteiger partial charge in [0.2, 0.25) is 0 Å². The highest BCUT2D eigenvalue weighted by molar-refractivity contribution is 5.55. The van der Waals surface area contributed by atoms with E-state index in [4.69, 9.17) is 0 Å². The quantitative estimate of drug-likeness (QED) is 0.804. The third-order valence-corrected chi connectivity index (χ3v) is 2.43. The maximum absolute atomic E-state index is 4.24. The molecule has 0 spiro atoms. The van der Waals surface area contributed by atoms with Crippen LogP contribution in [0, 0.1) is 0 Å². The topological polar surface area (TPSA) is 28.2 Å². The van der Waals surface area contributed by atoms with Gasteiger partial charge >= 0.3 is 0 Å². The van der Waals surface area contributed by atoms with Gasteiger partial charge in [-0.1, -0.05) is 6.92 Å². The third kappa shape index (κ3) is 3.11. The Labute approximate surface area is 92.5 Å². The number of aromatic nitrogens is 1. The van der Waals surface area contributed by atoms with Gasteiger partial charge in [0.05, 0.1) is 23.8 Å². The highest BCUT2D eigenvalue weighted by Crippen LogP contribution is 2.19. The first-order valence-electron chi connectivity index (χ1n) is 5.58. The molecular formula is C12H21N3. The Balaban J connectivity index is 2.89. The fourth-order valence-corrected chi connectivity index (χ4v) is 1.65. The van der Waals surface area contributed by atoms with E-state index in [1.807, 2.05) is 19.4 Å². The Hall–Kier alpha value is -1.25. The summed E-state index contributed by atoms with van der Waals surface area (Å²) in [6.45, 7) is 7.70. The van der Waals surface area contributed by atoms with E-state index in [1.54, 1.807) is 0 Å². The van der Waals surface area contributed by atoms with Crippen molar-refractivity contribution in [3.63, 3.8) is 0 Å². The first-order chi connectivity index (χ1) is 7.19. The first kappa shape index (κ1) is 11.8. The van der Waals surface area contributed by atoms with Crippen LogP contribution in [0.3, 0.4) is 0 Å². The lowest BCUT2D eigenvalue weighted by atomic mass is 10.2. The number of anilines is 2. The van der Waals surface area contributed by atoms with Crippen LogP contribution in [0.15, 0.2) is 18.5 Å². The standard InChI is InChI=1S/C12H21N3/c1-5-6-15(10(2)3)12-7-11(13-4)8-14-9-12/h7-10,13H,5-6H2,1-4H3. The van der Waals surface area contributed by atoms with Crippen LogP contribution in [-0.4, -0.2) is 24.6 Å². The van der Waals surface area contributed by atoms with Crippen molar-refractivity contribution in [1.82, 2.24) is 4.98 Å². The van der Waals surface area contributed by atoms with Crippen molar-refractivity contribution < 1.29 is 0 Å². The van der Waals surface area contributed by atoms with Gasteiger partial charge in [0.1, 0.15) is 0 Å². The van der Waals surface area contributed by atoms with Crippen LogP contribution in [0.1, 0.15) is 27.2 Å². The van der Waals surface area contributed by atoms with Gasteiger partial charge in [-0.25, -0.2) is 0 Å². The van der Waals surface area contributed by atoms with Crippen molar-refractivity contribution in [2.75, 3.05) is 23.8 Å². The van der Waals surface area contributed by atoms with Crippen molar-refractivity contribution >= 4 is 11.4 Å². The van der Waals surface area contributed by atoms with Gasteiger partial charge in [-0.15, -0.1) is 0 Å². The second-order valence-corrected chi connectivity index (χ2v) is 3.97. The molecule has 1 heterocycles. The first-order valence-corrected chi connectivity index (χ1v) is 5.58. The van der Waals surface area contributed by atoms with E-state index in [1.165, 1.54) is 5.69 Å². The van der Waals surface area contributed by atoms with E-state index < -0.39 is 0 Å². The molecule has 84 valence electrons. The molecule has 0 aliphatic rings. The summed E-state index contributed by atoms with van der Waals surface area (Å²) in [5.74, 6) is 0. The maximum Gasteiger partial charge on any atom is 0.0575 e. The number of hydrogen-bond acceptors (Lipinski definition) is 3. The summed E-state index contributed by atoms with van der Waals surface area (Å²) in [6.07, 6.45) is 4.92. The molecule has 15 heavy (non-hydrogen) atoms. The highest BCUT2D eigenvalue weighted by Gasteiger charge is 2.09. The molecule has 0 saturated heterocycles. The Morgan fingerprint density at radius 3 is 2.67 bits per heavy atom. The summed E-state index contributed by atoms with van der Waals surface area (Å²) >= 11 is 0. The van der Waals surface area contributed by atoms with E-state index >= 15 is 0 Å². The number of rotatable bonds is 5. The van der Waals surface area contributed by atoms with Crippen LogP contribution in [-0.2, 0) is 0 Å². The van der Waals surface area contributed by atoms with Gasteiger partial charge in [0.15, 0.2) is 0 Å². The second kappa shape index (κ2) is 5.59. The van der Waals surface area contributed by atoms with Crippen LogP contribution in [0.25, 0.3) is 0 Å². The Morgan fingerprint density at radius 1 is 1.40 bits per heavy atom. The minimum atomic E-state index is 0.513. The van der Waals surface area contributed by atoms with Crippen molar-refractivity contribution in [1.29, 1.82) is 0 Å². The molecule has 0 radical (unpaired) electrons. The van der Waals surface area contributed by atoms with Crippen molar-refractivity contribution in [2.45, 2.75) is 33.2 Å². The van der Waals surface area contributed by atoms with Gasteiger partial charge in [0.25, 0.3) is 0 Å². The predicted octanol–water partition coefficient (Wildman–Crippen LogP) is 2.75. The third-order valence-electron chi connectivity index (χ3n) is 2.43. The van der Waals surface area contributed by atoms with E-state index in [-0.39, 0.29) is 0 Å². The van der Waals surface area contributed by atoms with Crippen LogP contribution >= 0.6 is 0 Å². The lowest BCUT2D eigenvalue weighted by molar-refractivity contribution is 0.670. The van der Waals surface area contributed by atoms with E-state index in [0.717, 1.165) is 18.7 Å². The summed E-state index contributed by atoms with van der Waals surface area (Å²) in [5.41, 5.74) is 2.26. The van der Waals surface area contributed by atoms with Crippen molar-refractivity contribution in [2.24, 2.45) is 0 Å². The zero-order chi connectivity index (χ0) is 11.3. The maximum atomic E-state index is 4.24. The van der Waals surface area contributed by atoms with Gasteiger partial charge in [0, 0.05) is 19.6 Å². The molecule has 0 saturated carbocycles. The van der Waals surface area contributed by atoms with Crippen LogP contribution in [0.5, 0.6) is 0 Å². The van der Waals surface area contributed by atoms with Gasteiger partial charge in [-0.2, -0.15) is 0 Å². The van der Waals surface area contributed by atoms with Crippen molar-refractivity contribution in [3.8, 4) is 0 Å². The minimum absolute atomic E-state index is 0.513. The van der Waals surface area contributed by atoms with Crippen LogP contribution < -0.4 is 10.2 Å². The largest absolute Gasteiger partial charge is 0.387 e. The molecule has 1 rings (SSSR count). The molecule has 0 bridgehead atoms. The molecule has 0 atom stereocenters. The van der Waals surface area contributed by atoms with Crippen molar-refractivity contribution in [3.05, 3.63) is 18.5 Å². The molecule has 1 N–H and O–H groups in total. The SMILES string of the molecule is CCCN(c1cncc(NC)c1)C(C)C. The average Bonchev–Trinajstić information content (AvgIpc) is 2.25. The van der Waals surface area contributed by atoms with Crippen LogP contribution in [0.2, 0.25) is 0 Å². The summed E-state index contributed by atoms with van der Waals surface area (Å²) in [4.78, 5) is 6.61. The van der Waals surface area contributed by atoms with E-state index in [2.05, 4.69) is 42.0 Å². The molecule has 0 aromatic carbocycles. The molecule has 0 aliphatic carbocycles. The number of nitrogens with zero attached hydrogens (tertiary/aromatic N) is 2. The number of nitrogens with one attached hydrogen (secondary N) is 1. The normalized spacial score (nSPS) is 10.5. The zero-order valence-corrected chi connectivity index (χ0v) is 10.1. The van der Waals surface area contributed by atoms with Gasteiger partial charge < -0.3 is 10.2 Å². The second-order valence-electron chi connectivity index (χ2n) is 3.97. The Bertz CT molecular complexity index is 297. The zero-order valence-electron chi connectivity index (χ0n) is 10.1. The molecular weight excluding hydrogens is 186 g/mol. The van der Waals surface area contributed by atoms with E-state index in [0.29, 0.717) is 6.04 Å². The van der Waals surface area contributed by atoms with Crippen LogP contribution in [0.4, 0.5) is 11.4 Å². The summed E-state index contributed by atoms with van der Waals surface area (Å²) in [7, 11) is 1.92. The number of pyridine rings is 1. The smallest absolute Gasteiger partial charge is 0.0575 e. The molecule has 1 aromatic heterocycles. The molecule has 3 heteroatoms. The fraction of sp³-hybridized carbons (Fsp3) is 0.583. The summed E-state index contributed by atoms with van der Waals surface area (Å²) in [6, 6.07) is 2.65. The molecule has 1 aromatic rings. The Kier molecular flexibility index (Phi) is 4.40. The lowest BCUT2D eigenvalue weighted by Gasteiger charge is -2.28. The Morgan fingerprint density at radius 2 is 2.13 bits per heavy atom.